The molecular formula is C29H25BrFNO6. The highest BCUT2D eigenvalue weighted by atomic mass is 79.9. The Morgan fingerprint density at radius 1 is 1.05 bits per heavy atom. The van der Waals surface area contributed by atoms with Crippen LogP contribution in [0.2, 0.25) is 0 Å². The van der Waals surface area contributed by atoms with E-state index in [0.717, 1.165) is 22.0 Å². The summed E-state index contributed by atoms with van der Waals surface area (Å²) in [5.74, 6) is -4.22. The first-order valence-corrected chi connectivity index (χ1v) is 12.7. The van der Waals surface area contributed by atoms with Gasteiger partial charge in [-0.25, -0.2) is 4.39 Å². The fourth-order valence-electron chi connectivity index (χ4n) is 4.70. The molecule has 0 spiro atoms. The van der Waals surface area contributed by atoms with Crippen LogP contribution in [0.15, 0.2) is 71.3 Å². The highest BCUT2D eigenvalue weighted by Gasteiger charge is 2.49. The van der Waals surface area contributed by atoms with Crippen molar-refractivity contribution in [2.24, 2.45) is 5.92 Å². The minimum absolute atomic E-state index is 0.177. The number of cyclic esters (lactones) is 2. The molecule has 0 bridgehead atoms. The zero-order valence-electron chi connectivity index (χ0n) is 20.9. The van der Waals surface area contributed by atoms with Gasteiger partial charge in [0, 0.05) is 36.9 Å². The summed E-state index contributed by atoms with van der Waals surface area (Å²) in [6.45, 7) is 3.22. The molecule has 5 rings (SSSR count). The maximum atomic E-state index is 13.3. The van der Waals surface area contributed by atoms with Crippen LogP contribution >= 0.6 is 15.9 Å². The number of benzene rings is 3. The van der Waals surface area contributed by atoms with Gasteiger partial charge in [-0.15, -0.1) is 0 Å². The second kappa shape index (κ2) is 10.1. The maximum absolute atomic E-state index is 13.3. The predicted octanol–water partition coefficient (Wildman–Crippen LogP) is 6.24. The first-order valence-electron chi connectivity index (χ1n) is 11.9. The largest absolute Gasteiger partial charge is 0.493 e. The van der Waals surface area contributed by atoms with Crippen LogP contribution in [0.5, 0.6) is 11.5 Å². The molecule has 0 saturated carbocycles. The summed E-state index contributed by atoms with van der Waals surface area (Å²) in [7, 11) is 1.50. The smallest absolute Gasteiger partial charge is 0.324 e. The third kappa shape index (κ3) is 4.98. The van der Waals surface area contributed by atoms with Crippen LogP contribution in [-0.2, 0) is 25.7 Å². The lowest BCUT2D eigenvalue weighted by Gasteiger charge is -2.36. The number of aromatic amines is 1. The Morgan fingerprint density at radius 2 is 1.74 bits per heavy atom. The number of rotatable bonds is 7. The number of halogens is 2. The summed E-state index contributed by atoms with van der Waals surface area (Å²) >= 11 is 3.57. The SMILES string of the molecule is COc1cc([C@@H](c2c[nH]c3ccccc23)C2C(=O)OC(C)(C)OC2=O)cc(Br)c1OCc1ccc(F)cc1. The van der Waals surface area contributed by atoms with E-state index in [1.165, 1.54) is 33.1 Å². The fraction of sp³-hybridized carbons (Fsp3) is 0.241. The molecule has 1 aromatic heterocycles. The summed E-state index contributed by atoms with van der Waals surface area (Å²) in [6, 6.07) is 17.2. The van der Waals surface area contributed by atoms with Gasteiger partial charge in [0.2, 0.25) is 0 Å². The van der Waals surface area contributed by atoms with E-state index in [1.807, 2.05) is 24.3 Å². The van der Waals surface area contributed by atoms with Crippen molar-refractivity contribution < 1.29 is 32.9 Å². The van der Waals surface area contributed by atoms with Crippen molar-refractivity contribution in [3.8, 4) is 11.5 Å². The van der Waals surface area contributed by atoms with E-state index in [2.05, 4.69) is 20.9 Å². The first-order chi connectivity index (χ1) is 18.2. The molecule has 4 aromatic rings. The highest BCUT2D eigenvalue weighted by molar-refractivity contribution is 9.10. The average molecular weight is 582 g/mol. The molecule has 9 heteroatoms. The van der Waals surface area contributed by atoms with E-state index >= 15 is 0 Å². The lowest BCUT2D eigenvalue weighted by Crippen LogP contribution is -2.48. The first kappa shape index (κ1) is 25.8. The number of ether oxygens (including phenoxy) is 4. The Labute approximate surface area is 227 Å². The van der Waals surface area contributed by atoms with Crippen molar-refractivity contribution in [1.82, 2.24) is 4.98 Å². The van der Waals surface area contributed by atoms with Crippen LogP contribution < -0.4 is 9.47 Å². The summed E-state index contributed by atoms with van der Waals surface area (Å²) in [5, 5.41) is 0.856. The molecule has 1 aliphatic heterocycles. The Morgan fingerprint density at radius 3 is 2.42 bits per heavy atom. The van der Waals surface area contributed by atoms with Gasteiger partial charge < -0.3 is 23.9 Å². The van der Waals surface area contributed by atoms with E-state index in [-0.39, 0.29) is 12.4 Å². The topological polar surface area (TPSA) is 86.9 Å². The predicted molar refractivity (Wildman–Crippen MR) is 141 cm³/mol. The molecule has 196 valence electrons. The molecule has 7 nitrogen and oxygen atoms in total. The second-order valence-corrected chi connectivity index (χ2v) is 10.3. The number of carbonyl (C=O) groups excluding carboxylic acids is 2. The maximum Gasteiger partial charge on any atom is 0.324 e. The van der Waals surface area contributed by atoms with Gasteiger partial charge in [-0.3, -0.25) is 9.59 Å². The number of H-pyrrole nitrogens is 1. The van der Waals surface area contributed by atoms with Crippen molar-refractivity contribution >= 4 is 38.8 Å². The van der Waals surface area contributed by atoms with Crippen molar-refractivity contribution in [3.05, 3.63) is 93.8 Å². The van der Waals surface area contributed by atoms with E-state index in [1.54, 1.807) is 30.5 Å². The highest BCUT2D eigenvalue weighted by Crippen LogP contribution is 2.45. The molecule has 1 atom stereocenters. The van der Waals surface area contributed by atoms with Gasteiger partial charge in [0.15, 0.2) is 17.4 Å². The van der Waals surface area contributed by atoms with Crippen molar-refractivity contribution in [1.29, 1.82) is 0 Å². The number of hydrogen-bond donors (Lipinski definition) is 1. The van der Waals surface area contributed by atoms with Crippen LogP contribution in [0.3, 0.4) is 0 Å². The summed E-state index contributed by atoms with van der Waals surface area (Å²) in [6.07, 6.45) is 1.79. The fourth-order valence-corrected chi connectivity index (χ4v) is 5.27. The molecule has 0 unspecified atom stereocenters. The zero-order valence-corrected chi connectivity index (χ0v) is 22.5. The van der Waals surface area contributed by atoms with Crippen molar-refractivity contribution in [2.45, 2.75) is 32.2 Å². The third-order valence-electron chi connectivity index (χ3n) is 6.40. The number of aromatic nitrogens is 1. The number of nitrogens with one attached hydrogen (secondary N) is 1. The Balaban J connectivity index is 1.59. The van der Waals surface area contributed by atoms with Crippen molar-refractivity contribution in [2.75, 3.05) is 7.11 Å². The second-order valence-electron chi connectivity index (χ2n) is 9.44. The molecule has 0 radical (unpaired) electrons. The number of esters is 2. The number of fused-ring (bicyclic) bond motifs is 1. The molecule has 1 fully saturated rings. The quantitative estimate of drug-likeness (QED) is 0.205. The third-order valence-corrected chi connectivity index (χ3v) is 6.99. The van der Waals surface area contributed by atoms with Gasteiger partial charge in [0.05, 0.1) is 11.6 Å². The molecule has 0 aliphatic carbocycles. The molecular weight excluding hydrogens is 557 g/mol. The lowest BCUT2D eigenvalue weighted by molar-refractivity contribution is -0.240. The Kier molecular flexibility index (Phi) is 6.88. The minimum atomic E-state index is -1.36. The number of carbonyl (C=O) groups is 2. The van der Waals surface area contributed by atoms with E-state index in [4.69, 9.17) is 18.9 Å². The summed E-state index contributed by atoms with van der Waals surface area (Å²) in [5.41, 5.74) is 2.98. The number of hydrogen-bond acceptors (Lipinski definition) is 6. The normalized spacial score (nSPS) is 16.1. The van der Waals surface area contributed by atoms with Crippen LogP contribution in [0.4, 0.5) is 4.39 Å². The van der Waals surface area contributed by atoms with Gasteiger partial charge in [-0.2, -0.15) is 0 Å². The van der Waals surface area contributed by atoms with Gasteiger partial charge >= 0.3 is 11.9 Å². The van der Waals surface area contributed by atoms with Crippen LogP contribution in [0.1, 0.15) is 36.5 Å². The van der Waals surface area contributed by atoms with Gasteiger partial charge in [0.1, 0.15) is 12.4 Å². The summed E-state index contributed by atoms with van der Waals surface area (Å²) < 4.78 is 36.5. The van der Waals surface area contributed by atoms with E-state index in [0.29, 0.717) is 21.5 Å². The lowest BCUT2D eigenvalue weighted by atomic mass is 9.80. The summed E-state index contributed by atoms with van der Waals surface area (Å²) in [4.78, 5) is 29.7. The molecule has 3 aromatic carbocycles. The Hall–Kier alpha value is -3.85. The number of para-hydroxylation sites is 1. The van der Waals surface area contributed by atoms with Crippen LogP contribution in [0, 0.1) is 11.7 Å². The molecule has 1 N–H and O–H groups in total. The van der Waals surface area contributed by atoms with Crippen LogP contribution in [-0.4, -0.2) is 29.8 Å². The van der Waals surface area contributed by atoms with Gasteiger partial charge in [-0.05, 0) is 63.0 Å². The van der Waals surface area contributed by atoms with E-state index in [9.17, 15) is 14.0 Å². The molecule has 0 amide bonds. The molecule has 1 aliphatic rings. The molecule has 38 heavy (non-hydrogen) atoms. The average Bonchev–Trinajstić information content (AvgIpc) is 3.29. The number of methoxy groups -OCH3 is 1. The molecule has 2 heterocycles. The molecule has 1 saturated heterocycles. The van der Waals surface area contributed by atoms with Crippen LogP contribution in [0.25, 0.3) is 10.9 Å². The van der Waals surface area contributed by atoms with Gasteiger partial charge in [0.25, 0.3) is 5.79 Å². The van der Waals surface area contributed by atoms with Gasteiger partial charge in [-0.1, -0.05) is 30.3 Å². The monoisotopic (exact) mass is 581 g/mol. The zero-order chi connectivity index (χ0) is 27.0. The van der Waals surface area contributed by atoms with E-state index < -0.39 is 29.6 Å². The van der Waals surface area contributed by atoms with Crippen molar-refractivity contribution in [3.63, 3.8) is 0 Å². The Bertz CT molecular complexity index is 1490. The standard InChI is InChI=1S/C29H25BrFNO6/c1-29(2)37-27(33)25(28(34)38-29)24(20-14-32-22-7-5-4-6-19(20)22)17-12-21(30)26(23(13-17)35-3)36-15-16-8-10-18(31)11-9-16/h4-14,24-25,32H,15H2,1-3H3/t24-/m0/s1. The minimum Gasteiger partial charge on any atom is -0.493 e.